The monoisotopic (exact) mass is 408 g/mol. The Morgan fingerprint density at radius 2 is 2.03 bits per heavy atom. The molecule has 1 spiro atoms. The first-order valence-electron chi connectivity index (χ1n) is 9.82. The van der Waals surface area contributed by atoms with Crippen LogP contribution in [0.2, 0.25) is 5.02 Å². The SMILES string of the molecule is O=C(Nc1cccc(Cl)c1)C1C2C=C[C@@]3(CN(CCc4ccccc4)C(=O)C13)O2. The summed E-state index contributed by atoms with van der Waals surface area (Å²) in [5, 5.41) is 3.45. The van der Waals surface area contributed by atoms with Gasteiger partial charge in [-0.15, -0.1) is 0 Å². The molecule has 2 aromatic rings. The highest BCUT2D eigenvalue weighted by atomic mass is 35.5. The average Bonchev–Trinajstić information content (AvgIpc) is 3.35. The van der Waals surface area contributed by atoms with Crippen molar-refractivity contribution in [2.45, 2.75) is 18.1 Å². The zero-order valence-corrected chi connectivity index (χ0v) is 16.5. The second-order valence-electron chi connectivity index (χ2n) is 7.89. The Morgan fingerprint density at radius 3 is 2.83 bits per heavy atom. The van der Waals surface area contributed by atoms with Crippen molar-refractivity contribution in [3.8, 4) is 0 Å². The van der Waals surface area contributed by atoms with Crippen molar-refractivity contribution >= 4 is 29.1 Å². The molecule has 2 bridgehead atoms. The van der Waals surface area contributed by atoms with Crippen LogP contribution < -0.4 is 5.32 Å². The molecule has 4 atom stereocenters. The van der Waals surface area contributed by atoms with Crippen LogP contribution in [0, 0.1) is 11.8 Å². The van der Waals surface area contributed by atoms with E-state index in [1.165, 1.54) is 5.56 Å². The summed E-state index contributed by atoms with van der Waals surface area (Å²) in [6.45, 7) is 1.11. The van der Waals surface area contributed by atoms with E-state index in [9.17, 15) is 9.59 Å². The maximum Gasteiger partial charge on any atom is 0.231 e. The molecule has 0 aromatic heterocycles. The van der Waals surface area contributed by atoms with Gasteiger partial charge in [0.05, 0.1) is 24.5 Å². The zero-order valence-electron chi connectivity index (χ0n) is 15.8. The predicted molar refractivity (Wildman–Crippen MR) is 111 cm³/mol. The van der Waals surface area contributed by atoms with Gasteiger partial charge in [-0.05, 0) is 30.2 Å². The van der Waals surface area contributed by atoms with E-state index in [0.717, 1.165) is 6.42 Å². The number of ether oxygens (including phenoxy) is 1. The number of hydrogen-bond acceptors (Lipinski definition) is 3. The first-order chi connectivity index (χ1) is 14.1. The molecule has 3 heterocycles. The zero-order chi connectivity index (χ0) is 20.0. The second kappa shape index (κ2) is 7.01. The van der Waals surface area contributed by atoms with E-state index in [1.807, 2.05) is 35.3 Å². The first kappa shape index (κ1) is 18.4. The highest BCUT2D eigenvalue weighted by Crippen LogP contribution is 2.52. The lowest BCUT2D eigenvalue weighted by Crippen LogP contribution is -2.41. The minimum absolute atomic E-state index is 0.000903. The molecule has 2 amide bonds. The molecule has 6 heteroatoms. The topological polar surface area (TPSA) is 58.6 Å². The van der Waals surface area contributed by atoms with Crippen molar-refractivity contribution < 1.29 is 14.3 Å². The van der Waals surface area contributed by atoms with Crippen LogP contribution in [0.15, 0.2) is 66.7 Å². The van der Waals surface area contributed by atoms with Crippen LogP contribution in [-0.4, -0.2) is 41.5 Å². The van der Waals surface area contributed by atoms with Crippen LogP contribution in [0.4, 0.5) is 5.69 Å². The molecule has 148 valence electrons. The number of anilines is 1. The highest BCUT2D eigenvalue weighted by molar-refractivity contribution is 6.30. The summed E-state index contributed by atoms with van der Waals surface area (Å²) in [7, 11) is 0. The summed E-state index contributed by atoms with van der Waals surface area (Å²) in [5.74, 6) is -1.22. The maximum atomic E-state index is 13.2. The van der Waals surface area contributed by atoms with Crippen molar-refractivity contribution in [2.75, 3.05) is 18.4 Å². The van der Waals surface area contributed by atoms with Gasteiger partial charge in [0, 0.05) is 17.3 Å². The number of halogens is 1. The molecule has 29 heavy (non-hydrogen) atoms. The number of benzene rings is 2. The van der Waals surface area contributed by atoms with E-state index in [2.05, 4.69) is 17.4 Å². The van der Waals surface area contributed by atoms with Crippen molar-refractivity contribution in [3.05, 3.63) is 77.3 Å². The molecule has 0 aliphatic carbocycles. The summed E-state index contributed by atoms with van der Waals surface area (Å²) >= 11 is 6.02. The Labute approximate surface area is 174 Å². The minimum Gasteiger partial charge on any atom is -0.360 e. The summed E-state index contributed by atoms with van der Waals surface area (Å²) < 4.78 is 6.17. The van der Waals surface area contributed by atoms with Gasteiger partial charge in [0.1, 0.15) is 5.60 Å². The molecular weight excluding hydrogens is 388 g/mol. The molecule has 2 saturated heterocycles. The van der Waals surface area contributed by atoms with Crippen LogP contribution in [0.25, 0.3) is 0 Å². The van der Waals surface area contributed by atoms with Crippen molar-refractivity contribution in [1.29, 1.82) is 0 Å². The van der Waals surface area contributed by atoms with Crippen molar-refractivity contribution in [3.63, 3.8) is 0 Å². The third-order valence-corrected chi connectivity index (χ3v) is 6.32. The van der Waals surface area contributed by atoms with Crippen LogP contribution in [0.5, 0.6) is 0 Å². The van der Waals surface area contributed by atoms with Gasteiger partial charge in [0.15, 0.2) is 0 Å². The Hall–Kier alpha value is -2.63. The smallest absolute Gasteiger partial charge is 0.231 e. The Kier molecular flexibility index (Phi) is 4.45. The lowest BCUT2D eigenvalue weighted by atomic mass is 9.77. The number of rotatable bonds is 5. The molecular formula is C23H21ClN2O3. The van der Waals surface area contributed by atoms with Crippen molar-refractivity contribution in [1.82, 2.24) is 4.90 Å². The predicted octanol–water partition coefficient (Wildman–Crippen LogP) is 3.30. The molecule has 1 N–H and O–H groups in total. The lowest BCUT2D eigenvalue weighted by molar-refractivity contribution is -0.135. The van der Waals surface area contributed by atoms with Gasteiger partial charge in [-0.25, -0.2) is 0 Å². The van der Waals surface area contributed by atoms with Gasteiger partial charge in [-0.3, -0.25) is 9.59 Å². The third-order valence-electron chi connectivity index (χ3n) is 6.09. The normalized spacial score (nSPS) is 29.3. The van der Waals surface area contributed by atoms with Gasteiger partial charge in [0.2, 0.25) is 11.8 Å². The first-order valence-corrected chi connectivity index (χ1v) is 10.2. The van der Waals surface area contributed by atoms with Crippen LogP contribution in [-0.2, 0) is 20.7 Å². The number of carbonyl (C=O) groups is 2. The van der Waals surface area contributed by atoms with Crippen LogP contribution in [0.1, 0.15) is 5.56 Å². The average molecular weight is 409 g/mol. The van der Waals surface area contributed by atoms with E-state index in [-0.39, 0.29) is 17.9 Å². The van der Waals surface area contributed by atoms with E-state index in [4.69, 9.17) is 16.3 Å². The quantitative estimate of drug-likeness (QED) is 0.772. The number of amides is 2. The van der Waals surface area contributed by atoms with E-state index < -0.39 is 17.4 Å². The maximum absolute atomic E-state index is 13.2. The number of carbonyl (C=O) groups excluding carboxylic acids is 2. The minimum atomic E-state index is -0.686. The number of nitrogens with one attached hydrogen (secondary N) is 1. The molecule has 0 radical (unpaired) electrons. The molecule has 2 fully saturated rings. The highest BCUT2D eigenvalue weighted by Gasteiger charge is 2.66. The molecule has 3 aliphatic rings. The van der Waals surface area contributed by atoms with E-state index >= 15 is 0 Å². The standard InChI is InChI=1S/C23H21ClN2O3/c24-16-7-4-8-17(13-16)25-21(27)19-18-9-11-23(29-18)14-26(22(28)20(19)23)12-10-15-5-2-1-3-6-15/h1-9,11,13,18-20H,10,12,14H2,(H,25,27)/t18?,19?,20?,23-/m0/s1. The number of hydrogen-bond donors (Lipinski definition) is 1. The molecule has 5 rings (SSSR count). The Morgan fingerprint density at radius 1 is 1.21 bits per heavy atom. The molecule has 3 aliphatic heterocycles. The lowest BCUT2D eigenvalue weighted by Gasteiger charge is -2.23. The van der Waals surface area contributed by atoms with Crippen molar-refractivity contribution in [2.24, 2.45) is 11.8 Å². The largest absolute Gasteiger partial charge is 0.360 e. The molecule has 0 saturated carbocycles. The third kappa shape index (κ3) is 3.15. The summed E-state index contributed by atoms with van der Waals surface area (Å²) in [4.78, 5) is 28.1. The Bertz CT molecular complexity index is 993. The van der Waals surface area contributed by atoms with E-state index in [1.54, 1.807) is 24.3 Å². The fourth-order valence-corrected chi connectivity index (χ4v) is 4.96. The number of nitrogens with zero attached hydrogens (tertiary/aromatic N) is 1. The second-order valence-corrected chi connectivity index (χ2v) is 8.33. The summed E-state index contributed by atoms with van der Waals surface area (Å²) in [5.41, 5.74) is 1.12. The van der Waals surface area contributed by atoms with Gasteiger partial charge in [0.25, 0.3) is 0 Å². The Balaban J connectivity index is 1.33. The van der Waals surface area contributed by atoms with E-state index in [0.29, 0.717) is 23.8 Å². The molecule has 5 nitrogen and oxygen atoms in total. The number of likely N-dealkylation sites (tertiary alicyclic amines) is 1. The fourth-order valence-electron chi connectivity index (χ4n) is 4.77. The van der Waals surface area contributed by atoms with Gasteiger partial charge < -0.3 is 15.0 Å². The van der Waals surface area contributed by atoms with Gasteiger partial charge >= 0.3 is 0 Å². The van der Waals surface area contributed by atoms with Crippen LogP contribution >= 0.6 is 11.6 Å². The fraction of sp³-hybridized carbons (Fsp3) is 0.304. The molecule has 2 aromatic carbocycles. The van der Waals surface area contributed by atoms with Gasteiger partial charge in [-0.2, -0.15) is 0 Å². The number of fused-ring (bicyclic) bond motifs is 1. The summed E-state index contributed by atoms with van der Waals surface area (Å²) in [6.07, 6.45) is 4.32. The van der Waals surface area contributed by atoms with Gasteiger partial charge in [-0.1, -0.05) is 60.2 Å². The molecule has 3 unspecified atom stereocenters. The summed E-state index contributed by atoms with van der Waals surface area (Å²) in [6, 6.07) is 17.1. The van der Waals surface area contributed by atoms with Crippen LogP contribution in [0.3, 0.4) is 0 Å².